The van der Waals surface area contributed by atoms with E-state index in [0.717, 1.165) is 6.92 Å². The zero-order valence-corrected chi connectivity index (χ0v) is 6.45. The van der Waals surface area contributed by atoms with Crippen molar-refractivity contribution < 1.29 is 14.3 Å². The largest absolute Gasteiger partial charge is 0.479 e. The third-order valence-corrected chi connectivity index (χ3v) is 1.06. The van der Waals surface area contributed by atoms with Gasteiger partial charge in [-0.25, -0.2) is 9.18 Å². The summed E-state index contributed by atoms with van der Waals surface area (Å²) in [6, 6.07) is 0. The number of halogens is 2. The van der Waals surface area contributed by atoms with E-state index in [0.29, 0.717) is 0 Å². The molecule has 0 aliphatic rings. The van der Waals surface area contributed by atoms with E-state index >= 15 is 0 Å². The monoisotopic (exact) mass is 171 g/mol. The van der Waals surface area contributed by atoms with Crippen LogP contribution in [0.25, 0.3) is 0 Å². The molecule has 0 saturated carbocycles. The van der Waals surface area contributed by atoms with Gasteiger partial charge in [-0.2, -0.15) is 0 Å². The van der Waals surface area contributed by atoms with Crippen LogP contribution in [0.4, 0.5) is 4.39 Å². The number of carbonyl (C=O) groups is 1. The van der Waals surface area contributed by atoms with E-state index in [9.17, 15) is 9.18 Å². The Hall–Kier alpha value is -0.350. The first-order chi connectivity index (χ1) is 4.00. The van der Waals surface area contributed by atoms with Gasteiger partial charge in [-0.05, 0) is 13.5 Å². The van der Waals surface area contributed by atoms with Gasteiger partial charge in [0.1, 0.15) is 0 Å². The van der Waals surface area contributed by atoms with Crippen molar-refractivity contribution >= 4 is 18.4 Å². The van der Waals surface area contributed by atoms with Crippen LogP contribution in [0.2, 0.25) is 0 Å². The summed E-state index contributed by atoms with van der Waals surface area (Å²) in [6.45, 7) is 1.06. The fourth-order valence-electron chi connectivity index (χ4n) is 0.378. The first-order valence-corrected chi connectivity index (χ1v) is 2.63. The number of nitrogens with two attached hydrogens (primary N) is 1. The minimum atomic E-state index is -2.16. The van der Waals surface area contributed by atoms with Crippen molar-refractivity contribution in [2.75, 3.05) is 6.54 Å². The first-order valence-electron chi connectivity index (χ1n) is 2.63. The number of hydrogen-bond donors (Lipinski definition) is 2. The fourth-order valence-corrected chi connectivity index (χ4v) is 0.378. The van der Waals surface area contributed by atoms with Gasteiger partial charge in [-0.1, -0.05) is 0 Å². The average Bonchev–Trinajstić information content (AvgIpc) is 1.65. The second-order valence-corrected chi connectivity index (χ2v) is 2.04. The molecule has 1 unspecified atom stereocenters. The predicted molar refractivity (Wildman–Crippen MR) is 38.1 cm³/mol. The van der Waals surface area contributed by atoms with E-state index in [-0.39, 0.29) is 25.4 Å². The molecule has 1 atom stereocenters. The van der Waals surface area contributed by atoms with E-state index in [1.807, 2.05) is 0 Å². The van der Waals surface area contributed by atoms with E-state index in [1.54, 1.807) is 0 Å². The Morgan fingerprint density at radius 2 is 2.20 bits per heavy atom. The summed E-state index contributed by atoms with van der Waals surface area (Å²) in [6.07, 6.45) is -0.137. The Balaban J connectivity index is 0. The molecule has 0 spiro atoms. The third-order valence-electron chi connectivity index (χ3n) is 1.06. The molecule has 5 heteroatoms. The Labute approximate surface area is 64.8 Å². The van der Waals surface area contributed by atoms with Crippen LogP contribution < -0.4 is 5.73 Å². The summed E-state index contributed by atoms with van der Waals surface area (Å²) in [5.74, 6) is -1.45. The minimum Gasteiger partial charge on any atom is -0.479 e. The van der Waals surface area contributed by atoms with E-state index in [2.05, 4.69) is 0 Å². The molecule has 0 aromatic carbocycles. The smallest absolute Gasteiger partial charge is 0.341 e. The van der Waals surface area contributed by atoms with Crippen LogP contribution in [0.15, 0.2) is 0 Å². The van der Waals surface area contributed by atoms with Gasteiger partial charge in [0.2, 0.25) is 5.67 Å². The Morgan fingerprint density at radius 1 is 1.80 bits per heavy atom. The number of aliphatic carboxylic acids is 1. The molecule has 0 aliphatic carbocycles. The van der Waals surface area contributed by atoms with E-state index in [4.69, 9.17) is 10.8 Å². The fraction of sp³-hybridized carbons (Fsp3) is 0.800. The van der Waals surface area contributed by atoms with Crippen LogP contribution in [-0.2, 0) is 4.79 Å². The predicted octanol–water partition coefficient (Wildman–Crippen LogP) is 0.570. The van der Waals surface area contributed by atoms with Crippen LogP contribution in [0.3, 0.4) is 0 Å². The minimum absolute atomic E-state index is 0. The molecule has 0 aromatic rings. The topological polar surface area (TPSA) is 63.3 Å². The number of alkyl halides is 1. The average molecular weight is 172 g/mol. The van der Waals surface area contributed by atoms with Gasteiger partial charge in [0.05, 0.1) is 0 Å². The standard InChI is InChI=1S/C5H10FNO2.ClH/c1-5(6,2-3-7)4(8)9;/h2-3,7H2,1H3,(H,8,9);1H. The highest BCUT2D eigenvalue weighted by atomic mass is 35.5. The molecule has 0 aromatic heterocycles. The molecule has 0 saturated heterocycles. The first kappa shape index (κ1) is 12.3. The molecule has 0 amide bonds. The molecule has 0 radical (unpaired) electrons. The van der Waals surface area contributed by atoms with Crippen molar-refractivity contribution in [2.45, 2.75) is 19.0 Å². The summed E-state index contributed by atoms with van der Waals surface area (Å²) in [7, 11) is 0. The van der Waals surface area contributed by atoms with Crippen molar-refractivity contribution in [1.82, 2.24) is 0 Å². The van der Waals surface area contributed by atoms with Crippen LogP contribution in [0.5, 0.6) is 0 Å². The second-order valence-electron chi connectivity index (χ2n) is 2.04. The summed E-state index contributed by atoms with van der Waals surface area (Å²) in [4.78, 5) is 9.98. The zero-order chi connectivity index (χ0) is 7.49. The molecule has 62 valence electrons. The van der Waals surface area contributed by atoms with E-state index < -0.39 is 11.6 Å². The molecule has 0 fully saturated rings. The lowest BCUT2D eigenvalue weighted by Gasteiger charge is -2.11. The van der Waals surface area contributed by atoms with Gasteiger partial charge in [-0.3, -0.25) is 0 Å². The Kier molecular flexibility index (Phi) is 5.51. The van der Waals surface area contributed by atoms with Crippen molar-refractivity contribution in [3.63, 3.8) is 0 Å². The number of carboxylic acids is 1. The van der Waals surface area contributed by atoms with E-state index in [1.165, 1.54) is 0 Å². The molecule has 3 nitrogen and oxygen atoms in total. The van der Waals surface area contributed by atoms with Crippen LogP contribution in [0.1, 0.15) is 13.3 Å². The highest BCUT2D eigenvalue weighted by Crippen LogP contribution is 2.13. The second kappa shape index (κ2) is 4.46. The number of hydrogen-bond acceptors (Lipinski definition) is 2. The maximum absolute atomic E-state index is 12.5. The maximum Gasteiger partial charge on any atom is 0.341 e. The van der Waals surface area contributed by atoms with Crippen molar-refractivity contribution in [2.24, 2.45) is 5.73 Å². The Morgan fingerprint density at radius 3 is 2.30 bits per heavy atom. The molecule has 0 aliphatic heterocycles. The lowest BCUT2D eigenvalue weighted by molar-refractivity contribution is -0.149. The quantitative estimate of drug-likeness (QED) is 0.653. The molecular formula is C5H11ClFNO2. The van der Waals surface area contributed by atoms with Crippen molar-refractivity contribution in [3.05, 3.63) is 0 Å². The highest BCUT2D eigenvalue weighted by Gasteiger charge is 2.31. The number of carboxylic acid groups (broad SMARTS) is 1. The zero-order valence-electron chi connectivity index (χ0n) is 5.63. The molecule has 3 N–H and O–H groups in total. The SMILES string of the molecule is CC(F)(CCN)C(=O)O.Cl. The van der Waals surface area contributed by atoms with Crippen LogP contribution in [-0.4, -0.2) is 23.3 Å². The van der Waals surface area contributed by atoms with Gasteiger partial charge >= 0.3 is 5.97 Å². The van der Waals surface area contributed by atoms with Gasteiger partial charge in [0.15, 0.2) is 0 Å². The lowest BCUT2D eigenvalue weighted by Crippen LogP contribution is -2.32. The molecule has 0 heterocycles. The van der Waals surface area contributed by atoms with Crippen molar-refractivity contribution in [3.8, 4) is 0 Å². The summed E-state index contributed by atoms with van der Waals surface area (Å²) in [5.41, 5.74) is 2.79. The van der Waals surface area contributed by atoms with Crippen LogP contribution >= 0.6 is 12.4 Å². The van der Waals surface area contributed by atoms with Gasteiger partial charge < -0.3 is 10.8 Å². The maximum atomic E-state index is 12.5. The lowest BCUT2D eigenvalue weighted by atomic mass is 10.1. The summed E-state index contributed by atoms with van der Waals surface area (Å²) < 4.78 is 12.5. The van der Waals surface area contributed by atoms with Crippen molar-refractivity contribution in [1.29, 1.82) is 0 Å². The van der Waals surface area contributed by atoms with Gasteiger partial charge in [0.25, 0.3) is 0 Å². The molecule has 0 rings (SSSR count). The molecule has 10 heavy (non-hydrogen) atoms. The summed E-state index contributed by atoms with van der Waals surface area (Å²) >= 11 is 0. The molecule has 0 bridgehead atoms. The molecular weight excluding hydrogens is 161 g/mol. The normalized spacial score (nSPS) is 15.1. The Bertz CT molecular complexity index is 118. The highest BCUT2D eigenvalue weighted by molar-refractivity contribution is 5.85. The van der Waals surface area contributed by atoms with Gasteiger partial charge in [0, 0.05) is 6.42 Å². The van der Waals surface area contributed by atoms with Gasteiger partial charge in [-0.15, -0.1) is 12.4 Å². The summed E-state index contributed by atoms with van der Waals surface area (Å²) in [5, 5.41) is 8.14. The number of rotatable bonds is 3. The van der Waals surface area contributed by atoms with Crippen LogP contribution in [0, 0.1) is 0 Å². The third kappa shape index (κ3) is 3.63.